The molecule has 1 saturated carbocycles. The van der Waals surface area contributed by atoms with Crippen molar-refractivity contribution in [2.24, 2.45) is 0 Å². The predicted molar refractivity (Wildman–Crippen MR) is 90.4 cm³/mol. The van der Waals surface area contributed by atoms with E-state index < -0.39 is 11.7 Å². The molecule has 1 aliphatic rings. The number of benzene rings is 1. The second kappa shape index (κ2) is 7.32. The molecular weight excluding hydrogens is 292 g/mol. The van der Waals surface area contributed by atoms with Crippen molar-refractivity contribution < 1.29 is 14.6 Å². The first-order valence-electron chi connectivity index (χ1n) is 8.18. The Labute approximate surface area is 138 Å². The largest absolute Gasteiger partial charge is 0.478 e. The van der Waals surface area contributed by atoms with Gasteiger partial charge in [-0.15, -0.1) is 0 Å². The fourth-order valence-electron chi connectivity index (χ4n) is 2.45. The molecule has 1 aromatic carbocycles. The van der Waals surface area contributed by atoms with E-state index in [0.29, 0.717) is 18.3 Å². The van der Waals surface area contributed by atoms with E-state index in [2.05, 4.69) is 11.9 Å². The second-order valence-electron chi connectivity index (χ2n) is 6.94. The number of para-hydroxylation sites is 1. The summed E-state index contributed by atoms with van der Waals surface area (Å²) in [7, 11) is 3.85. The van der Waals surface area contributed by atoms with Crippen LogP contribution in [0, 0.1) is 0 Å². The molecule has 5 nitrogen and oxygen atoms in total. The van der Waals surface area contributed by atoms with Crippen LogP contribution in [-0.2, 0) is 4.79 Å². The minimum absolute atomic E-state index is 0.203. The highest BCUT2D eigenvalue weighted by molar-refractivity contribution is 5.82. The molecule has 0 aromatic heterocycles. The van der Waals surface area contributed by atoms with Gasteiger partial charge in [-0.1, -0.05) is 18.2 Å². The normalized spacial score (nSPS) is 16.3. The Kier molecular flexibility index (Phi) is 5.65. The molecule has 0 spiro atoms. The van der Waals surface area contributed by atoms with Crippen LogP contribution in [0.5, 0.6) is 5.75 Å². The van der Waals surface area contributed by atoms with Crippen LogP contribution in [0.25, 0.3) is 0 Å². The van der Waals surface area contributed by atoms with Crippen molar-refractivity contribution in [3.8, 4) is 5.75 Å². The third-order valence-electron chi connectivity index (χ3n) is 4.20. The highest BCUT2D eigenvalue weighted by atomic mass is 16.5. The van der Waals surface area contributed by atoms with Gasteiger partial charge in [-0.05, 0) is 45.9 Å². The molecule has 128 valence electrons. The summed E-state index contributed by atoms with van der Waals surface area (Å²) in [5.41, 5.74) is -1.26. The van der Waals surface area contributed by atoms with Crippen molar-refractivity contribution in [1.29, 1.82) is 0 Å². The van der Waals surface area contributed by atoms with E-state index in [1.165, 1.54) is 12.8 Å². The van der Waals surface area contributed by atoms with Crippen LogP contribution in [0.4, 0.5) is 0 Å². The first-order valence-corrected chi connectivity index (χ1v) is 8.18. The van der Waals surface area contributed by atoms with Gasteiger partial charge in [0.2, 0.25) is 6.10 Å². The Hall–Kier alpha value is -1.59. The zero-order chi connectivity index (χ0) is 17.0. The second-order valence-corrected chi connectivity index (χ2v) is 6.94. The van der Waals surface area contributed by atoms with E-state index in [0.717, 1.165) is 6.54 Å². The molecule has 0 aliphatic heterocycles. The summed E-state index contributed by atoms with van der Waals surface area (Å²) in [5.74, 6) is 0.377. The van der Waals surface area contributed by atoms with Gasteiger partial charge < -0.3 is 19.6 Å². The summed E-state index contributed by atoms with van der Waals surface area (Å²) >= 11 is 0. The summed E-state index contributed by atoms with van der Waals surface area (Å²) < 4.78 is 5.77. The number of aliphatic hydroxyl groups is 1. The van der Waals surface area contributed by atoms with Crippen molar-refractivity contribution in [3.63, 3.8) is 0 Å². The lowest BCUT2D eigenvalue weighted by molar-refractivity contribution is -0.148. The predicted octanol–water partition coefficient (Wildman–Crippen LogP) is 1.76. The Morgan fingerprint density at radius 3 is 2.39 bits per heavy atom. The lowest BCUT2D eigenvalue weighted by atomic mass is 10.0. The topological polar surface area (TPSA) is 53.0 Å². The van der Waals surface area contributed by atoms with Gasteiger partial charge in [0.15, 0.2) is 0 Å². The van der Waals surface area contributed by atoms with Crippen molar-refractivity contribution >= 4 is 5.91 Å². The molecule has 0 saturated heterocycles. The number of ether oxygens (including phenoxy) is 1. The van der Waals surface area contributed by atoms with Crippen LogP contribution in [0.3, 0.4) is 0 Å². The lowest BCUT2D eigenvalue weighted by Gasteiger charge is -2.32. The molecule has 1 amide bonds. The molecule has 1 fully saturated rings. The Morgan fingerprint density at radius 2 is 1.87 bits per heavy atom. The molecular formula is C18H28N2O3. The van der Waals surface area contributed by atoms with E-state index >= 15 is 0 Å². The molecule has 0 unspecified atom stereocenters. The van der Waals surface area contributed by atoms with Crippen LogP contribution in [0.15, 0.2) is 30.3 Å². The summed E-state index contributed by atoms with van der Waals surface area (Å²) in [6.07, 6.45) is 1.57. The van der Waals surface area contributed by atoms with Gasteiger partial charge in [-0.3, -0.25) is 4.79 Å². The van der Waals surface area contributed by atoms with Crippen LogP contribution in [0.2, 0.25) is 0 Å². The van der Waals surface area contributed by atoms with Gasteiger partial charge >= 0.3 is 0 Å². The fraction of sp³-hybridized carbons (Fsp3) is 0.611. The molecule has 23 heavy (non-hydrogen) atoms. The lowest BCUT2D eigenvalue weighted by Crippen LogP contribution is -2.52. The molecule has 2 rings (SSSR count). The average molecular weight is 320 g/mol. The van der Waals surface area contributed by atoms with Crippen molar-refractivity contribution in [2.75, 3.05) is 27.2 Å². The minimum Gasteiger partial charge on any atom is -0.478 e. The van der Waals surface area contributed by atoms with Gasteiger partial charge in [0.1, 0.15) is 11.4 Å². The molecule has 1 N–H and O–H groups in total. The number of hydrogen-bond acceptors (Lipinski definition) is 4. The zero-order valence-corrected chi connectivity index (χ0v) is 14.5. The monoisotopic (exact) mass is 320 g/mol. The molecule has 0 radical (unpaired) electrons. The maximum Gasteiger partial charge on any atom is 0.266 e. The molecule has 1 aliphatic carbocycles. The van der Waals surface area contributed by atoms with Gasteiger partial charge in [-0.25, -0.2) is 0 Å². The minimum atomic E-state index is -1.26. The first kappa shape index (κ1) is 17.8. The third kappa shape index (κ3) is 5.22. The van der Waals surface area contributed by atoms with E-state index in [-0.39, 0.29) is 5.91 Å². The van der Waals surface area contributed by atoms with Gasteiger partial charge in [0.25, 0.3) is 5.91 Å². The highest BCUT2D eigenvalue weighted by Gasteiger charge is 2.37. The number of carbonyl (C=O) groups excluding carboxylic acids is 1. The molecule has 5 heteroatoms. The van der Waals surface area contributed by atoms with E-state index in [1.807, 2.05) is 18.2 Å². The Balaban J connectivity index is 1.97. The smallest absolute Gasteiger partial charge is 0.266 e. The van der Waals surface area contributed by atoms with Gasteiger partial charge in [0.05, 0.1) is 0 Å². The maximum absolute atomic E-state index is 12.7. The first-order chi connectivity index (χ1) is 10.8. The Morgan fingerprint density at radius 1 is 1.26 bits per heavy atom. The van der Waals surface area contributed by atoms with Crippen molar-refractivity contribution in [3.05, 3.63) is 30.3 Å². The number of rotatable bonds is 8. The molecule has 0 heterocycles. The number of hydrogen-bond donors (Lipinski definition) is 1. The van der Waals surface area contributed by atoms with Crippen LogP contribution < -0.4 is 4.74 Å². The molecule has 1 atom stereocenters. The standard InChI is InChI=1S/C18H28N2O3/c1-18(2,22)16(23-15-8-6-5-7-9-15)17(21)20(4)13-12-19(3)14-10-11-14/h5-9,14,16,22H,10-13H2,1-4H3/t16-/m1/s1. The number of carbonyl (C=O) groups is 1. The van der Waals surface area contributed by atoms with E-state index in [1.54, 1.807) is 37.9 Å². The summed E-state index contributed by atoms with van der Waals surface area (Å²) in [4.78, 5) is 16.6. The SMILES string of the molecule is CN(CCN(C)C1CC1)C(=O)[C@@H](Oc1ccccc1)C(C)(C)O. The van der Waals surface area contributed by atoms with Crippen molar-refractivity contribution in [1.82, 2.24) is 9.80 Å². The summed E-state index contributed by atoms with van der Waals surface area (Å²) in [5, 5.41) is 10.4. The van der Waals surface area contributed by atoms with Crippen molar-refractivity contribution in [2.45, 2.75) is 44.4 Å². The number of nitrogens with zero attached hydrogens (tertiary/aromatic N) is 2. The fourth-order valence-corrected chi connectivity index (χ4v) is 2.45. The van der Waals surface area contributed by atoms with Gasteiger partial charge in [-0.2, -0.15) is 0 Å². The maximum atomic E-state index is 12.7. The van der Waals surface area contributed by atoms with E-state index in [9.17, 15) is 9.90 Å². The van der Waals surface area contributed by atoms with Crippen LogP contribution >= 0.6 is 0 Å². The van der Waals surface area contributed by atoms with Crippen LogP contribution in [0.1, 0.15) is 26.7 Å². The average Bonchev–Trinajstić information content (AvgIpc) is 3.34. The third-order valence-corrected chi connectivity index (χ3v) is 4.20. The van der Waals surface area contributed by atoms with Gasteiger partial charge in [0, 0.05) is 26.2 Å². The highest BCUT2D eigenvalue weighted by Crippen LogP contribution is 2.25. The summed E-state index contributed by atoms with van der Waals surface area (Å²) in [6.45, 7) is 4.65. The van der Waals surface area contributed by atoms with E-state index in [4.69, 9.17) is 4.74 Å². The van der Waals surface area contributed by atoms with Crippen LogP contribution in [-0.4, -0.2) is 65.7 Å². The Bertz CT molecular complexity index is 509. The number of likely N-dealkylation sites (N-methyl/N-ethyl adjacent to an activating group) is 2. The molecule has 1 aromatic rings. The zero-order valence-electron chi connectivity index (χ0n) is 14.5. The molecule has 0 bridgehead atoms. The summed E-state index contributed by atoms with van der Waals surface area (Å²) in [6, 6.07) is 9.81. The number of amides is 1. The quantitative estimate of drug-likeness (QED) is 0.793.